The van der Waals surface area contributed by atoms with Crippen molar-refractivity contribution in [1.29, 1.82) is 0 Å². The Hall–Kier alpha value is -1.72. The molecule has 1 amide bonds. The highest BCUT2D eigenvalue weighted by Gasteiger charge is 2.09. The molecule has 0 saturated carbocycles. The molecule has 1 aromatic heterocycles. The van der Waals surface area contributed by atoms with E-state index in [4.69, 9.17) is 5.73 Å². The van der Waals surface area contributed by atoms with Crippen molar-refractivity contribution in [2.45, 2.75) is 32.4 Å². The van der Waals surface area contributed by atoms with Gasteiger partial charge in [0.25, 0.3) is 0 Å². The molecular formula is C15H19N3OS. The fourth-order valence-corrected chi connectivity index (χ4v) is 2.53. The van der Waals surface area contributed by atoms with Gasteiger partial charge in [0.05, 0.1) is 17.2 Å². The molecule has 2 aromatic rings. The number of rotatable bonds is 6. The van der Waals surface area contributed by atoms with Crippen LogP contribution in [0.2, 0.25) is 0 Å². The highest BCUT2D eigenvalue weighted by atomic mass is 32.1. The van der Waals surface area contributed by atoms with Crippen LogP contribution in [0.5, 0.6) is 0 Å². The fourth-order valence-electron chi connectivity index (χ4n) is 1.92. The van der Waals surface area contributed by atoms with Gasteiger partial charge >= 0.3 is 0 Å². The Morgan fingerprint density at radius 2 is 2.15 bits per heavy atom. The number of carbonyl (C=O) groups is 1. The van der Waals surface area contributed by atoms with E-state index in [1.54, 1.807) is 11.3 Å². The summed E-state index contributed by atoms with van der Waals surface area (Å²) < 4.78 is 0. The van der Waals surface area contributed by atoms with Crippen LogP contribution in [-0.4, -0.2) is 10.9 Å². The van der Waals surface area contributed by atoms with Gasteiger partial charge in [-0.1, -0.05) is 30.3 Å². The molecule has 0 bridgehead atoms. The highest BCUT2D eigenvalue weighted by Crippen LogP contribution is 2.15. The number of carbonyl (C=O) groups excluding carboxylic acids is 1. The van der Waals surface area contributed by atoms with Crippen LogP contribution in [0, 0.1) is 6.92 Å². The average molecular weight is 289 g/mol. The van der Waals surface area contributed by atoms with Crippen LogP contribution in [0.15, 0.2) is 35.7 Å². The number of nitrogens with one attached hydrogen (secondary N) is 1. The van der Waals surface area contributed by atoms with E-state index in [0.29, 0.717) is 19.4 Å². The van der Waals surface area contributed by atoms with Crippen LogP contribution in [0.4, 0.5) is 0 Å². The molecule has 0 aliphatic carbocycles. The zero-order valence-electron chi connectivity index (χ0n) is 11.5. The van der Waals surface area contributed by atoms with E-state index in [2.05, 4.69) is 10.3 Å². The number of nitrogens with two attached hydrogens (primary N) is 1. The van der Waals surface area contributed by atoms with E-state index in [0.717, 1.165) is 16.3 Å². The number of aryl methyl sites for hydroxylation is 1. The van der Waals surface area contributed by atoms with Crippen LogP contribution in [0.25, 0.3) is 0 Å². The van der Waals surface area contributed by atoms with Crippen LogP contribution < -0.4 is 11.1 Å². The molecule has 4 nitrogen and oxygen atoms in total. The second-order valence-electron chi connectivity index (χ2n) is 4.69. The second-order valence-corrected chi connectivity index (χ2v) is 5.75. The summed E-state index contributed by atoms with van der Waals surface area (Å²) in [6.45, 7) is 2.44. The van der Waals surface area contributed by atoms with E-state index < -0.39 is 0 Å². The standard InChI is InChI=1S/C15H19N3OS/c1-11-18-13(10-20-11)9-17-15(19)8-7-14(16)12-5-3-2-4-6-12/h2-6,10,14H,7-9,16H2,1H3,(H,17,19). The summed E-state index contributed by atoms with van der Waals surface area (Å²) in [4.78, 5) is 16.1. The lowest BCUT2D eigenvalue weighted by Gasteiger charge is -2.11. The average Bonchev–Trinajstić information content (AvgIpc) is 2.89. The number of amides is 1. The first-order chi connectivity index (χ1) is 9.65. The minimum absolute atomic E-state index is 0.0158. The highest BCUT2D eigenvalue weighted by molar-refractivity contribution is 7.09. The lowest BCUT2D eigenvalue weighted by Crippen LogP contribution is -2.24. The normalized spacial score (nSPS) is 12.1. The predicted octanol–water partition coefficient (Wildman–Crippen LogP) is 2.55. The molecular weight excluding hydrogens is 270 g/mol. The summed E-state index contributed by atoms with van der Waals surface area (Å²) in [6.07, 6.45) is 1.07. The molecule has 0 radical (unpaired) electrons. The summed E-state index contributed by atoms with van der Waals surface area (Å²) in [5.41, 5.74) is 8.04. The summed E-state index contributed by atoms with van der Waals surface area (Å²) in [5, 5.41) is 5.85. The molecule has 5 heteroatoms. The Morgan fingerprint density at radius 1 is 1.40 bits per heavy atom. The minimum Gasteiger partial charge on any atom is -0.350 e. The Balaban J connectivity index is 1.72. The Kier molecular flexibility index (Phi) is 5.26. The summed E-state index contributed by atoms with van der Waals surface area (Å²) >= 11 is 1.59. The summed E-state index contributed by atoms with van der Waals surface area (Å²) in [6, 6.07) is 9.75. The van der Waals surface area contributed by atoms with Gasteiger partial charge in [-0.15, -0.1) is 11.3 Å². The topological polar surface area (TPSA) is 68.0 Å². The van der Waals surface area contributed by atoms with Crippen LogP contribution >= 0.6 is 11.3 Å². The minimum atomic E-state index is -0.0940. The lowest BCUT2D eigenvalue weighted by molar-refractivity contribution is -0.121. The van der Waals surface area contributed by atoms with Crippen molar-refractivity contribution >= 4 is 17.2 Å². The maximum absolute atomic E-state index is 11.8. The Labute approximate surface area is 123 Å². The number of hydrogen-bond donors (Lipinski definition) is 2. The summed E-state index contributed by atoms with van der Waals surface area (Å²) in [5.74, 6) is 0.0158. The smallest absolute Gasteiger partial charge is 0.220 e. The predicted molar refractivity (Wildman–Crippen MR) is 81.3 cm³/mol. The van der Waals surface area contributed by atoms with Crippen molar-refractivity contribution in [1.82, 2.24) is 10.3 Å². The van der Waals surface area contributed by atoms with Crippen LogP contribution in [0.1, 0.15) is 35.1 Å². The van der Waals surface area contributed by atoms with Crippen molar-refractivity contribution in [3.63, 3.8) is 0 Å². The molecule has 1 unspecified atom stereocenters. The lowest BCUT2D eigenvalue weighted by atomic mass is 10.0. The van der Waals surface area contributed by atoms with E-state index in [9.17, 15) is 4.79 Å². The third kappa shape index (κ3) is 4.43. The number of aromatic nitrogens is 1. The number of benzene rings is 1. The van der Waals surface area contributed by atoms with Gasteiger partial charge in [0.1, 0.15) is 0 Å². The van der Waals surface area contributed by atoms with Crippen molar-refractivity contribution in [2.75, 3.05) is 0 Å². The number of thiazole rings is 1. The van der Waals surface area contributed by atoms with Gasteiger partial charge in [-0.3, -0.25) is 4.79 Å². The maximum Gasteiger partial charge on any atom is 0.220 e. The van der Waals surface area contributed by atoms with Gasteiger partial charge in [-0.25, -0.2) is 4.98 Å². The third-order valence-corrected chi connectivity index (χ3v) is 3.87. The van der Waals surface area contributed by atoms with Crippen molar-refractivity contribution in [3.05, 3.63) is 52.0 Å². The molecule has 0 aliphatic heterocycles. The molecule has 20 heavy (non-hydrogen) atoms. The summed E-state index contributed by atoms with van der Waals surface area (Å²) in [7, 11) is 0. The van der Waals surface area contributed by atoms with Gasteiger partial charge in [0.15, 0.2) is 0 Å². The van der Waals surface area contributed by atoms with Gasteiger partial charge < -0.3 is 11.1 Å². The molecule has 0 spiro atoms. The van der Waals surface area contributed by atoms with Gasteiger partial charge in [0, 0.05) is 17.8 Å². The number of nitrogens with zero attached hydrogens (tertiary/aromatic N) is 1. The SMILES string of the molecule is Cc1nc(CNC(=O)CCC(N)c2ccccc2)cs1. The van der Waals surface area contributed by atoms with Gasteiger partial charge in [0.2, 0.25) is 5.91 Å². The Bertz CT molecular complexity index is 553. The van der Waals surface area contributed by atoms with Crippen molar-refractivity contribution in [3.8, 4) is 0 Å². The zero-order valence-corrected chi connectivity index (χ0v) is 12.3. The van der Waals surface area contributed by atoms with Crippen molar-refractivity contribution in [2.24, 2.45) is 5.73 Å². The second kappa shape index (κ2) is 7.17. The zero-order chi connectivity index (χ0) is 14.4. The van der Waals surface area contributed by atoms with E-state index in [1.165, 1.54) is 0 Å². The molecule has 1 atom stereocenters. The van der Waals surface area contributed by atoms with Crippen LogP contribution in [0.3, 0.4) is 0 Å². The largest absolute Gasteiger partial charge is 0.350 e. The number of hydrogen-bond acceptors (Lipinski definition) is 4. The Morgan fingerprint density at radius 3 is 2.80 bits per heavy atom. The first kappa shape index (κ1) is 14.7. The van der Waals surface area contributed by atoms with E-state index >= 15 is 0 Å². The van der Waals surface area contributed by atoms with E-state index in [-0.39, 0.29) is 11.9 Å². The molecule has 0 fully saturated rings. The van der Waals surface area contributed by atoms with E-state index in [1.807, 2.05) is 42.6 Å². The first-order valence-electron chi connectivity index (χ1n) is 6.63. The van der Waals surface area contributed by atoms with Crippen LogP contribution in [-0.2, 0) is 11.3 Å². The molecule has 1 aromatic carbocycles. The molecule has 0 aliphatic rings. The molecule has 106 valence electrons. The molecule has 0 saturated heterocycles. The third-order valence-electron chi connectivity index (χ3n) is 3.04. The van der Waals surface area contributed by atoms with Crippen molar-refractivity contribution < 1.29 is 4.79 Å². The molecule has 1 heterocycles. The first-order valence-corrected chi connectivity index (χ1v) is 7.51. The fraction of sp³-hybridized carbons (Fsp3) is 0.333. The quantitative estimate of drug-likeness (QED) is 0.858. The monoisotopic (exact) mass is 289 g/mol. The molecule has 3 N–H and O–H groups in total. The molecule has 2 rings (SSSR count). The van der Waals surface area contributed by atoms with Gasteiger partial charge in [-0.2, -0.15) is 0 Å². The van der Waals surface area contributed by atoms with Gasteiger partial charge in [-0.05, 0) is 18.9 Å². The maximum atomic E-state index is 11.8.